The maximum Gasteiger partial charge on any atom is 0.137 e. The smallest absolute Gasteiger partial charge is 0.137 e. The summed E-state index contributed by atoms with van der Waals surface area (Å²) in [5.41, 5.74) is 7.99. The summed E-state index contributed by atoms with van der Waals surface area (Å²) in [5.74, 6) is -0.630. The topological polar surface area (TPSA) is 26.0 Å². The van der Waals surface area contributed by atoms with Gasteiger partial charge in [0.15, 0.2) is 0 Å². The summed E-state index contributed by atoms with van der Waals surface area (Å²) < 4.78 is 27.0. The normalized spacial score (nSPS) is 12.5. The second kappa shape index (κ2) is 5.16. The number of rotatable bonds is 2. The van der Waals surface area contributed by atoms with Crippen LogP contribution in [0, 0.1) is 18.6 Å². The largest absolute Gasteiger partial charge is 0.320 e. The van der Waals surface area contributed by atoms with E-state index in [-0.39, 0.29) is 11.6 Å². The Morgan fingerprint density at radius 1 is 1.00 bits per heavy atom. The summed E-state index contributed by atoms with van der Waals surface area (Å²) in [6, 6.07) is 8.95. The third-order valence-electron chi connectivity index (χ3n) is 2.84. The lowest BCUT2D eigenvalue weighted by Gasteiger charge is -2.14. The van der Waals surface area contributed by atoms with Gasteiger partial charge in [-0.3, -0.25) is 0 Å². The molecule has 0 heterocycles. The van der Waals surface area contributed by atoms with Gasteiger partial charge in [0.2, 0.25) is 0 Å². The van der Waals surface area contributed by atoms with Crippen LogP contribution in [0.5, 0.6) is 0 Å². The third kappa shape index (κ3) is 2.60. The lowest BCUT2D eigenvalue weighted by molar-refractivity contribution is 0.613. The van der Waals surface area contributed by atoms with Crippen molar-refractivity contribution >= 4 is 15.9 Å². The van der Waals surface area contributed by atoms with E-state index in [4.69, 9.17) is 5.73 Å². The van der Waals surface area contributed by atoms with E-state index in [1.54, 1.807) is 31.2 Å². The highest BCUT2D eigenvalue weighted by atomic mass is 79.9. The molecular formula is C14H12BrF2N. The van der Waals surface area contributed by atoms with Crippen molar-refractivity contribution in [3.05, 3.63) is 69.2 Å². The zero-order chi connectivity index (χ0) is 13.3. The number of halogens is 3. The number of benzene rings is 2. The van der Waals surface area contributed by atoms with Crippen molar-refractivity contribution in [3.8, 4) is 0 Å². The molecule has 1 atom stereocenters. The highest BCUT2D eigenvalue weighted by Crippen LogP contribution is 2.25. The van der Waals surface area contributed by atoms with Crippen LogP contribution in [0.4, 0.5) is 8.78 Å². The van der Waals surface area contributed by atoms with Crippen molar-refractivity contribution < 1.29 is 8.78 Å². The van der Waals surface area contributed by atoms with Gasteiger partial charge in [-0.05, 0) is 57.7 Å². The molecule has 1 nitrogen and oxygen atoms in total. The zero-order valence-electron chi connectivity index (χ0n) is 9.75. The van der Waals surface area contributed by atoms with E-state index in [1.165, 1.54) is 12.1 Å². The van der Waals surface area contributed by atoms with Crippen molar-refractivity contribution in [2.45, 2.75) is 13.0 Å². The molecule has 94 valence electrons. The van der Waals surface area contributed by atoms with Gasteiger partial charge in [0.25, 0.3) is 0 Å². The first-order valence-electron chi connectivity index (χ1n) is 5.45. The molecule has 0 aliphatic rings. The highest BCUT2D eigenvalue weighted by Gasteiger charge is 2.12. The summed E-state index contributed by atoms with van der Waals surface area (Å²) in [5, 5.41) is 0. The maximum atomic E-state index is 13.4. The Balaban J connectivity index is 2.37. The lowest BCUT2D eigenvalue weighted by atomic mass is 9.98. The first-order valence-corrected chi connectivity index (χ1v) is 6.25. The molecule has 2 aromatic rings. The molecule has 1 unspecified atom stereocenters. The molecule has 0 saturated heterocycles. The van der Waals surface area contributed by atoms with E-state index < -0.39 is 6.04 Å². The van der Waals surface area contributed by atoms with E-state index in [9.17, 15) is 8.78 Å². The van der Waals surface area contributed by atoms with Crippen LogP contribution in [-0.4, -0.2) is 0 Å². The SMILES string of the molecule is Cc1cc(C(N)c2ccc(Br)c(F)c2)ccc1F. The van der Waals surface area contributed by atoms with Crippen LogP contribution in [-0.2, 0) is 0 Å². The van der Waals surface area contributed by atoms with Gasteiger partial charge in [-0.2, -0.15) is 0 Å². The lowest BCUT2D eigenvalue weighted by Crippen LogP contribution is -2.12. The summed E-state index contributed by atoms with van der Waals surface area (Å²) >= 11 is 3.09. The molecule has 0 saturated carbocycles. The molecule has 0 radical (unpaired) electrons. The minimum Gasteiger partial charge on any atom is -0.320 e. The van der Waals surface area contributed by atoms with Crippen molar-refractivity contribution in [1.82, 2.24) is 0 Å². The maximum absolute atomic E-state index is 13.4. The Kier molecular flexibility index (Phi) is 3.78. The Morgan fingerprint density at radius 2 is 1.61 bits per heavy atom. The fourth-order valence-corrected chi connectivity index (χ4v) is 2.01. The second-order valence-electron chi connectivity index (χ2n) is 4.16. The summed E-state index contributed by atoms with van der Waals surface area (Å²) in [6.07, 6.45) is 0. The Morgan fingerprint density at radius 3 is 2.22 bits per heavy atom. The molecular weight excluding hydrogens is 300 g/mol. The van der Waals surface area contributed by atoms with Crippen LogP contribution in [0.2, 0.25) is 0 Å². The van der Waals surface area contributed by atoms with Gasteiger partial charge in [0.05, 0.1) is 10.5 Å². The standard InChI is InChI=1S/C14H12BrF2N/c1-8-6-9(3-5-12(8)16)14(18)10-2-4-11(15)13(17)7-10/h2-7,14H,18H2,1H3. The van der Waals surface area contributed by atoms with Gasteiger partial charge >= 0.3 is 0 Å². The zero-order valence-corrected chi connectivity index (χ0v) is 11.3. The molecule has 0 aromatic heterocycles. The van der Waals surface area contributed by atoms with Crippen molar-refractivity contribution in [1.29, 1.82) is 0 Å². The van der Waals surface area contributed by atoms with E-state index in [1.807, 2.05) is 0 Å². The average molecular weight is 312 g/mol. The van der Waals surface area contributed by atoms with Gasteiger partial charge in [-0.15, -0.1) is 0 Å². The molecule has 0 spiro atoms. The molecule has 0 amide bonds. The van der Waals surface area contributed by atoms with Crippen LogP contribution >= 0.6 is 15.9 Å². The fourth-order valence-electron chi connectivity index (χ4n) is 1.76. The first-order chi connectivity index (χ1) is 8.49. The Labute approximate surface area is 113 Å². The molecule has 2 aromatic carbocycles. The number of hydrogen-bond acceptors (Lipinski definition) is 1. The van der Waals surface area contributed by atoms with E-state index >= 15 is 0 Å². The van der Waals surface area contributed by atoms with Crippen molar-refractivity contribution in [2.75, 3.05) is 0 Å². The Hall–Kier alpha value is -1.26. The molecule has 18 heavy (non-hydrogen) atoms. The van der Waals surface area contributed by atoms with Crippen LogP contribution in [0.1, 0.15) is 22.7 Å². The Bertz CT molecular complexity index is 533. The molecule has 4 heteroatoms. The van der Waals surface area contributed by atoms with Crippen LogP contribution < -0.4 is 5.73 Å². The van der Waals surface area contributed by atoms with Gasteiger partial charge in [-0.25, -0.2) is 8.78 Å². The van der Waals surface area contributed by atoms with Crippen LogP contribution in [0.3, 0.4) is 0 Å². The molecule has 0 fully saturated rings. The molecule has 0 aliphatic heterocycles. The van der Waals surface area contributed by atoms with Crippen molar-refractivity contribution in [2.24, 2.45) is 5.73 Å². The highest BCUT2D eigenvalue weighted by molar-refractivity contribution is 9.10. The third-order valence-corrected chi connectivity index (χ3v) is 3.49. The minimum atomic E-state index is -0.466. The molecule has 0 bridgehead atoms. The first kappa shape index (κ1) is 13.2. The van der Waals surface area contributed by atoms with E-state index in [0.29, 0.717) is 15.6 Å². The number of aryl methyl sites for hydroxylation is 1. The monoisotopic (exact) mass is 311 g/mol. The predicted octanol–water partition coefficient (Wildman–Crippen LogP) is 4.08. The van der Waals surface area contributed by atoms with Crippen LogP contribution in [0.25, 0.3) is 0 Å². The van der Waals surface area contributed by atoms with E-state index in [2.05, 4.69) is 15.9 Å². The van der Waals surface area contributed by atoms with Gasteiger partial charge in [0, 0.05) is 0 Å². The average Bonchev–Trinajstić information content (AvgIpc) is 2.35. The van der Waals surface area contributed by atoms with Gasteiger partial charge < -0.3 is 5.73 Å². The summed E-state index contributed by atoms with van der Waals surface area (Å²) in [6.45, 7) is 1.67. The molecule has 2 rings (SSSR count). The predicted molar refractivity (Wildman–Crippen MR) is 71.3 cm³/mol. The summed E-state index contributed by atoms with van der Waals surface area (Å²) in [7, 11) is 0. The van der Waals surface area contributed by atoms with Gasteiger partial charge in [-0.1, -0.05) is 18.2 Å². The number of nitrogens with two attached hydrogens (primary N) is 1. The van der Waals surface area contributed by atoms with Crippen molar-refractivity contribution in [3.63, 3.8) is 0 Å². The number of hydrogen-bond donors (Lipinski definition) is 1. The van der Waals surface area contributed by atoms with E-state index in [0.717, 1.165) is 5.56 Å². The quantitative estimate of drug-likeness (QED) is 0.888. The molecule has 0 aliphatic carbocycles. The minimum absolute atomic E-state index is 0.270. The fraction of sp³-hybridized carbons (Fsp3) is 0.143. The second-order valence-corrected chi connectivity index (χ2v) is 5.01. The van der Waals surface area contributed by atoms with Gasteiger partial charge in [0.1, 0.15) is 11.6 Å². The van der Waals surface area contributed by atoms with Crippen LogP contribution in [0.15, 0.2) is 40.9 Å². The molecule has 2 N–H and O–H groups in total. The summed E-state index contributed by atoms with van der Waals surface area (Å²) in [4.78, 5) is 0.